The summed E-state index contributed by atoms with van der Waals surface area (Å²) in [6.45, 7) is 3.78. The summed E-state index contributed by atoms with van der Waals surface area (Å²) >= 11 is 0. The number of hydrogen-bond donors (Lipinski definition) is 1. The molecule has 2 amide bonds. The van der Waals surface area contributed by atoms with Gasteiger partial charge in [0.05, 0.1) is 11.4 Å². The fourth-order valence-corrected chi connectivity index (χ4v) is 3.03. The van der Waals surface area contributed by atoms with E-state index in [9.17, 15) is 9.59 Å². The van der Waals surface area contributed by atoms with E-state index < -0.39 is 0 Å². The van der Waals surface area contributed by atoms with Gasteiger partial charge < -0.3 is 15.0 Å². The first kappa shape index (κ1) is 18.5. The van der Waals surface area contributed by atoms with Crippen molar-refractivity contribution in [1.29, 1.82) is 0 Å². The Balaban J connectivity index is 1.80. The number of nitrogens with zero attached hydrogens (tertiary/aromatic N) is 1. The number of hydrogen-bond acceptors (Lipinski definition) is 3. The van der Waals surface area contributed by atoms with Gasteiger partial charge in [-0.05, 0) is 30.5 Å². The monoisotopic (exact) mass is 362 g/mol. The molecule has 0 heterocycles. The molecule has 0 aliphatic heterocycles. The van der Waals surface area contributed by atoms with Gasteiger partial charge in [0.1, 0.15) is 5.75 Å². The molecular weight excluding hydrogens is 340 g/mol. The van der Waals surface area contributed by atoms with Gasteiger partial charge in [-0.25, -0.2) is 0 Å². The number of amides is 2. The molecule has 5 heteroatoms. The molecule has 0 aliphatic rings. The molecule has 0 saturated heterocycles. The van der Waals surface area contributed by atoms with Crippen LogP contribution in [0.2, 0.25) is 0 Å². The Hall–Kier alpha value is -3.34. The van der Waals surface area contributed by atoms with E-state index in [1.807, 2.05) is 49.4 Å². The fourth-order valence-electron chi connectivity index (χ4n) is 3.03. The maximum absolute atomic E-state index is 12.8. The minimum Gasteiger partial charge on any atom is -0.482 e. The number of anilines is 2. The summed E-state index contributed by atoms with van der Waals surface area (Å²) in [5, 5.41) is 4.81. The zero-order chi connectivity index (χ0) is 19.2. The molecule has 3 rings (SSSR count). The molecule has 0 atom stereocenters. The molecule has 5 nitrogen and oxygen atoms in total. The molecule has 138 valence electrons. The van der Waals surface area contributed by atoms with Crippen molar-refractivity contribution < 1.29 is 14.3 Å². The lowest BCUT2D eigenvalue weighted by Crippen LogP contribution is -2.35. The lowest BCUT2D eigenvalue weighted by molar-refractivity contribution is -0.120. The zero-order valence-corrected chi connectivity index (χ0v) is 15.4. The Bertz CT molecular complexity index is 963. The molecule has 0 bridgehead atoms. The van der Waals surface area contributed by atoms with Crippen molar-refractivity contribution in [2.24, 2.45) is 0 Å². The quantitative estimate of drug-likeness (QED) is 0.714. The number of para-hydroxylation sites is 2. The Morgan fingerprint density at radius 3 is 2.44 bits per heavy atom. The van der Waals surface area contributed by atoms with Crippen LogP contribution in [0.4, 0.5) is 11.4 Å². The average molecular weight is 362 g/mol. The lowest BCUT2D eigenvalue weighted by Gasteiger charge is -2.23. The molecule has 3 aromatic rings. The summed E-state index contributed by atoms with van der Waals surface area (Å²) in [5.41, 5.74) is 1.41. The number of rotatable bonds is 6. The van der Waals surface area contributed by atoms with Gasteiger partial charge in [-0.2, -0.15) is 0 Å². The van der Waals surface area contributed by atoms with E-state index in [0.717, 1.165) is 16.5 Å². The van der Waals surface area contributed by atoms with Crippen molar-refractivity contribution in [2.45, 2.75) is 13.8 Å². The molecular formula is C22H22N2O3. The summed E-state index contributed by atoms with van der Waals surface area (Å²) < 4.78 is 5.71. The minimum atomic E-state index is -0.191. The molecule has 27 heavy (non-hydrogen) atoms. The summed E-state index contributed by atoms with van der Waals surface area (Å²) in [7, 11) is 0. The Kier molecular flexibility index (Phi) is 5.71. The van der Waals surface area contributed by atoms with Gasteiger partial charge in [0.2, 0.25) is 5.91 Å². The largest absolute Gasteiger partial charge is 0.482 e. The van der Waals surface area contributed by atoms with Crippen molar-refractivity contribution in [3.8, 4) is 5.75 Å². The van der Waals surface area contributed by atoms with Crippen LogP contribution >= 0.6 is 0 Å². The minimum absolute atomic E-state index is 0.117. The fraction of sp³-hybridized carbons (Fsp3) is 0.182. The number of carbonyl (C=O) groups is 2. The van der Waals surface area contributed by atoms with Gasteiger partial charge in [-0.1, -0.05) is 48.5 Å². The van der Waals surface area contributed by atoms with Crippen molar-refractivity contribution in [2.75, 3.05) is 23.4 Å². The molecule has 0 aromatic heterocycles. The predicted molar refractivity (Wildman–Crippen MR) is 108 cm³/mol. The Morgan fingerprint density at radius 1 is 0.963 bits per heavy atom. The van der Waals surface area contributed by atoms with Crippen LogP contribution in [0.15, 0.2) is 66.7 Å². The number of benzene rings is 3. The first-order valence-electron chi connectivity index (χ1n) is 8.87. The molecule has 0 spiro atoms. The van der Waals surface area contributed by atoms with E-state index in [1.54, 1.807) is 29.2 Å². The highest BCUT2D eigenvalue weighted by molar-refractivity contribution is 6.04. The smallest absolute Gasteiger partial charge is 0.264 e. The molecule has 3 aromatic carbocycles. The van der Waals surface area contributed by atoms with Crippen molar-refractivity contribution in [1.82, 2.24) is 0 Å². The van der Waals surface area contributed by atoms with E-state index in [1.165, 1.54) is 6.92 Å². The van der Waals surface area contributed by atoms with Gasteiger partial charge >= 0.3 is 0 Å². The van der Waals surface area contributed by atoms with Crippen LogP contribution in [0.25, 0.3) is 10.8 Å². The lowest BCUT2D eigenvalue weighted by atomic mass is 10.1. The SMILES string of the molecule is CCN(C(=O)COc1ccccc1NC(C)=O)c1cccc2ccccc12. The maximum atomic E-state index is 12.8. The predicted octanol–water partition coefficient (Wildman–Crippen LogP) is 4.23. The van der Waals surface area contributed by atoms with Gasteiger partial charge in [0, 0.05) is 18.9 Å². The van der Waals surface area contributed by atoms with Crippen LogP contribution in [0.3, 0.4) is 0 Å². The molecule has 0 fully saturated rings. The number of ether oxygens (including phenoxy) is 1. The standard InChI is InChI=1S/C22H22N2O3/c1-3-24(20-13-8-10-17-9-4-5-11-18(17)20)22(26)15-27-21-14-7-6-12-19(21)23-16(2)25/h4-14H,3,15H2,1-2H3,(H,23,25). The first-order chi connectivity index (χ1) is 13.1. The van der Waals surface area contributed by atoms with Gasteiger partial charge in [-0.3, -0.25) is 9.59 Å². The number of nitrogens with one attached hydrogen (secondary N) is 1. The van der Waals surface area contributed by atoms with Crippen LogP contribution < -0.4 is 15.0 Å². The normalized spacial score (nSPS) is 10.4. The van der Waals surface area contributed by atoms with Crippen LogP contribution in [-0.4, -0.2) is 25.0 Å². The first-order valence-corrected chi connectivity index (χ1v) is 8.87. The third kappa shape index (κ3) is 4.26. The van der Waals surface area contributed by atoms with Gasteiger partial charge in [-0.15, -0.1) is 0 Å². The van der Waals surface area contributed by atoms with Crippen LogP contribution in [-0.2, 0) is 9.59 Å². The topological polar surface area (TPSA) is 58.6 Å². The highest BCUT2D eigenvalue weighted by atomic mass is 16.5. The van der Waals surface area contributed by atoms with Crippen molar-refractivity contribution in [3.63, 3.8) is 0 Å². The maximum Gasteiger partial charge on any atom is 0.264 e. The second-order valence-corrected chi connectivity index (χ2v) is 6.10. The van der Waals surface area contributed by atoms with E-state index in [2.05, 4.69) is 5.32 Å². The molecule has 0 saturated carbocycles. The Labute approximate surface area is 158 Å². The average Bonchev–Trinajstić information content (AvgIpc) is 2.67. The van der Waals surface area contributed by atoms with Gasteiger partial charge in [0.25, 0.3) is 5.91 Å². The third-order valence-electron chi connectivity index (χ3n) is 4.22. The highest BCUT2D eigenvalue weighted by Gasteiger charge is 2.17. The zero-order valence-electron chi connectivity index (χ0n) is 15.4. The Morgan fingerprint density at radius 2 is 1.67 bits per heavy atom. The molecule has 0 unspecified atom stereocenters. The van der Waals surface area contributed by atoms with Crippen LogP contribution in [0, 0.1) is 0 Å². The summed E-state index contributed by atoms with van der Waals surface area (Å²) in [4.78, 5) is 25.9. The van der Waals surface area contributed by atoms with Crippen molar-refractivity contribution >= 4 is 34.0 Å². The van der Waals surface area contributed by atoms with Gasteiger partial charge in [0.15, 0.2) is 6.61 Å². The van der Waals surface area contributed by atoms with E-state index in [0.29, 0.717) is 18.0 Å². The van der Waals surface area contributed by atoms with Crippen LogP contribution in [0.5, 0.6) is 5.75 Å². The highest BCUT2D eigenvalue weighted by Crippen LogP contribution is 2.27. The molecule has 1 N–H and O–H groups in total. The molecule has 0 radical (unpaired) electrons. The number of likely N-dealkylation sites (N-methyl/N-ethyl adjacent to an activating group) is 1. The number of fused-ring (bicyclic) bond motifs is 1. The van der Waals surface area contributed by atoms with E-state index in [4.69, 9.17) is 4.74 Å². The molecule has 0 aliphatic carbocycles. The second-order valence-electron chi connectivity index (χ2n) is 6.10. The van der Waals surface area contributed by atoms with Crippen molar-refractivity contribution in [3.05, 3.63) is 66.7 Å². The van der Waals surface area contributed by atoms with E-state index in [-0.39, 0.29) is 18.4 Å². The van der Waals surface area contributed by atoms with Crippen LogP contribution in [0.1, 0.15) is 13.8 Å². The number of carbonyl (C=O) groups excluding carboxylic acids is 2. The summed E-state index contributed by atoms with van der Waals surface area (Å²) in [6, 6.07) is 21.0. The third-order valence-corrected chi connectivity index (χ3v) is 4.22. The summed E-state index contributed by atoms with van der Waals surface area (Å²) in [5.74, 6) is 0.129. The summed E-state index contributed by atoms with van der Waals surface area (Å²) in [6.07, 6.45) is 0. The van der Waals surface area contributed by atoms with E-state index >= 15 is 0 Å². The second kappa shape index (κ2) is 8.36.